The zero-order valence-corrected chi connectivity index (χ0v) is 7.79. The van der Waals surface area contributed by atoms with Crippen LogP contribution in [0.2, 0.25) is 0 Å². The zero-order valence-electron chi connectivity index (χ0n) is 7.79. The van der Waals surface area contributed by atoms with E-state index < -0.39 is 0 Å². The summed E-state index contributed by atoms with van der Waals surface area (Å²) >= 11 is 0. The highest BCUT2D eigenvalue weighted by Gasteiger charge is 2.42. The van der Waals surface area contributed by atoms with Crippen LogP contribution in [0.25, 0.3) is 0 Å². The van der Waals surface area contributed by atoms with Crippen molar-refractivity contribution < 1.29 is 0 Å². The molecule has 0 saturated heterocycles. The zero-order chi connectivity index (χ0) is 8.89. The summed E-state index contributed by atoms with van der Waals surface area (Å²) in [4.78, 5) is 4.62. The molecule has 0 aromatic carbocycles. The largest absolute Gasteiger partial charge is 0.335 e. The summed E-state index contributed by atoms with van der Waals surface area (Å²) < 4.78 is 2.28. The maximum atomic E-state index is 6.10. The molecule has 0 bridgehead atoms. The first-order valence-electron chi connectivity index (χ1n) is 5.13. The quantitative estimate of drug-likeness (QED) is 0.699. The molecule has 0 amide bonds. The lowest BCUT2D eigenvalue weighted by Gasteiger charge is -2.11. The van der Waals surface area contributed by atoms with Gasteiger partial charge in [-0.15, -0.1) is 0 Å². The average molecular weight is 177 g/mol. The Balaban J connectivity index is 2.00. The van der Waals surface area contributed by atoms with E-state index in [-0.39, 0.29) is 5.54 Å². The van der Waals surface area contributed by atoms with Crippen molar-refractivity contribution in [3.05, 3.63) is 17.7 Å². The van der Waals surface area contributed by atoms with Crippen LogP contribution in [0.1, 0.15) is 37.2 Å². The fourth-order valence-corrected chi connectivity index (χ4v) is 2.04. The van der Waals surface area contributed by atoms with E-state index in [1.807, 2.05) is 0 Å². The van der Waals surface area contributed by atoms with Crippen molar-refractivity contribution >= 4 is 0 Å². The monoisotopic (exact) mass is 177 g/mol. The molecule has 1 aliphatic heterocycles. The number of aryl methyl sites for hydroxylation is 2. The molecule has 3 heteroatoms. The molecule has 2 aliphatic rings. The molecule has 1 fully saturated rings. The van der Waals surface area contributed by atoms with Crippen LogP contribution >= 0.6 is 0 Å². The number of nitrogens with two attached hydrogens (primary N) is 1. The van der Waals surface area contributed by atoms with Crippen molar-refractivity contribution in [2.45, 2.75) is 44.2 Å². The van der Waals surface area contributed by atoms with E-state index in [0.29, 0.717) is 0 Å². The molecule has 70 valence electrons. The third-order valence-electron chi connectivity index (χ3n) is 3.21. The molecule has 2 heterocycles. The van der Waals surface area contributed by atoms with Gasteiger partial charge in [0.15, 0.2) is 0 Å². The number of aromatic nitrogens is 2. The Kier molecular flexibility index (Phi) is 1.37. The van der Waals surface area contributed by atoms with Gasteiger partial charge in [-0.1, -0.05) is 0 Å². The van der Waals surface area contributed by atoms with Gasteiger partial charge >= 0.3 is 0 Å². The number of fused-ring (bicyclic) bond motifs is 1. The lowest BCUT2D eigenvalue weighted by Crippen LogP contribution is -2.19. The molecule has 0 spiro atoms. The van der Waals surface area contributed by atoms with E-state index in [1.165, 1.54) is 18.7 Å². The van der Waals surface area contributed by atoms with E-state index in [9.17, 15) is 0 Å². The standard InChI is InChI=1S/C10H15N3/c11-10(4-5-10)8-7-13-6-2-1-3-9(13)12-8/h7H,1-6,11H2. The molecule has 3 nitrogen and oxygen atoms in total. The van der Waals surface area contributed by atoms with Gasteiger partial charge in [-0.2, -0.15) is 0 Å². The van der Waals surface area contributed by atoms with Crippen LogP contribution in [0.5, 0.6) is 0 Å². The minimum atomic E-state index is -0.0513. The van der Waals surface area contributed by atoms with Crippen molar-refractivity contribution in [2.75, 3.05) is 0 Å². The molecule has 1 aromatic rings. The Morgan fingerprint density at radius 3 is 2.92 bits per heavy atom. The fourth-order valence-electron chi connectivity index (χ4n) is 2.04. The third-order valence-corrected chi connectivity index (χ3v) is 3.21. The maximum absolute atomic E-state index is 6.10. The summed E-state index contributed by atoms with van der Waals surface area (Å²) in [6.07, 6.45) is 8.11. The first-order chi connectivity index (χ1) is 6.28. The minimum absolute atomic E-state index is 0.0513. The van der Waals surface area contributed by atoms with Crippen molar-refractivity contribution in [1.29, 1.82) is 0 Å². The second-order valence-electron chi connectivity index (χ2n) is 4.35. The first-order valence-corrected chi connectivity index (χ1v) is 5.13. The average Bonchev–Trinajstić information content (AvgIpc) is 2.76. The second kappa shape index (κ2) is 2.35. The third kappa shape index (κ3) is 1.10. The van der Waals surface area contributed by atoms with Crippen molar-refractivity contribution in [3.8, 4) is 0 Å². The van der Waals surface area contributed by atoms with E-state index in [2.05, 4.69) is 15.7 Å². The van der Waals surface area contributed by atoms with Crippen LogP contribution in [0, 0.1) is 0 Å². The molecule has 1 aromatic heterocycles. The van der Waals surface area contributed by atoms with Gasteiger partial charge in [0.25, 0.3) is 0 Å². The Morgan fingerprint density at radius 2 is 2.23 bits per heavy atom. The molecule has 1 saturated carbocycles. The maximum Gasteiger partial charge on any atom is 0.109 e. The van der Waals surface area contributed by atoms with E-state index in [4.69, 9.17) is 5.73 Å². The Morgan fingerprint density at radius 1 is 1.38 bits per heavy atom. The topological polar surface area (TPSA) is 43.8 Å². The normalized spacial score (nSPS) is 24.1. The first kappa shape index (κ1) is 7.56. The van der Waals surface area contributed by atoms with Gasteiger partial charge in [-0.3, -0.25) is 0 Å². The molecule has 0 radical (unpaired) electrons. The molecule has 1 aliphatic carbocycles. The smallest absolute Gasteiger partial charge is 0.109 e. The number of nitrogens with zero attached hydrogens (tertiary/aromatic N) is 2. The molecular weight excluding hydrogens is 162 g/mol. The highest BCUT2D eigenvalue weighted by Crippen LogP contribution is 2.42. The van der Waals surface area contributed by atoms with Gasteiger partial charge in [0, 0.05) is 19.2 Å². The predicted octanol–water partition coefficient (Wildman–Crippen LogP) is 1.17. The summed E-state index contributed by atoms with van der Waals surface area (Å²) in [5, 5.41) is 0. The minimum Gasteiger partial charge on any atom is -0.335 e. The van der Waals surface area contributed by atoms with Gasteiger partial charge in [0.05, 0.1) is 11.2 Å². The van der Waals surface area contributed by atoms with Crippen LogP contribution in [-0.4, -0.2) is 9.55 Å². The van der Waals surface area contributed by atoms with Gasteiger partial charge < -0.3 is 10.3 Å². The number of hydrogen-bond acceptors (Lipinski definition) is 2. The number of hydrogen-bond donors (Lipinski definition) is 1. The number of imidazole rings is 1. The molecular formula is C10H15N3. The van der Waals surface area contributed by atoms with Gasteiger partial charge in [0.2, 0.25) is 0 Å². The van der Waals surface area contributed by atoms with Crippen molar-refractivity contribution in [3.63, 3.8) is 0 Å². The predicted molar refractivity (Wildman–Crippen MR) is 50.3 cm³/mol. The molecule has 0 atom stereocenters. The van der Waals surface area contributed by atoms with Crippen LogP contribution in [0.4, 0.5) is 0 Å². The summed E-state index contributed by atoms with van der Waals surface area (Å²) in [7, 11) is 0. The van der Waals surface area contributed by atoms with Gasteiger partial charge in [0.1, 0.15) is 5.82 Å². The molecule has 2 N–H and O–H groups in total. The van der Waals surface area contributed by atoms with E-state index in [1.54, 1.807) is 0 Å². The lowest BCUT2D eigenvalue weighted by atomic mass is 10.2. The van der Waals surface area contributed by atoms with Crippen molar-refractivity contribution in [2.24, 2.45) is 5.73 Å². The van der Waals surface area contributed by atoms with Gasteiger partial charge in [-0.05, 0) is 25.7 Å². The van der Waals surface area contributed by atoms with Crippen LogP contribution < -0.4 is 5.73 Å². The number of rotatable bonds is 1. The van der Waals surface area contributed by atoms with Crippen LogP contribution in [0.15, 0.2) is 6.20 Å². The Labute approximate surface area is 78.0 Å². The van der Waals surface area contributed by atoms with Crippen molar-refractivity contribution in [1.82, 2.24) is 9.55 Å². The van der Waals surface area contributed by atoms with Gasteiger partial charge in [-0.25, -0.2) is 4.98 Å². The van der Waals surface area contributed by atoms with Crippen LogP contribution in [0.3, 0.4) is 0 Å². The second-order valence-corrected chi connectivity index (χ2v) is 4.35. The molecule has 3 rings (SSSR count). The van der Waals surface area contributed by atoms with E-state index >= 15 is 0 Å². The summed E-state index contributed by atoms with van der Waals surface area (Å²) in [5.41, 5.74) is 7.18. The van der Waals surface area contributed by atoms with Crippen LogP contribution in [-0.2, 0) is 18.5 Å². The fraction of sp³-hybridized carbons (Fsp3) is 0.700. The lowest BCUT2D eigenvalue weighted by molar-refractivity contribution is 0.522. The summed E-state index contributed by atoms with van der Waals surface area (Å²) in [5.74, 6) is 1.25. The molecule has 0 unspecified atom stereocenters. The summed E-state index contributed by atoms with van der Waals surface area (Å²) in [6, 6.07) is 0. The summed E-state index contributed by atoms with van der Waals surface area (Å²) in [6.45, 7) is 1.14. The Hall–Kier alpha value is -0.830. The van der Waals surface area contributed by atoms with E-state index in [0.717, 1.165) is 31.5 Å². The highest BCUT2D eigenvalue weighted by molar-refractivity contribution is 5.22. The molecule has 13 heavy (non-hydrogen) atoms. The Bertz CT molecular complexity index is 312. The highest BCUT2D eigenvalue weighted by atomic mass is 15.1. The SMILES string of the molecule is NC1(c2cn3c(n2)CCCC3)CC1.